The number of amides is 1. The predicted molar refractivity (Wildman–Crippen MR) is 118 cm³/mol. The highest BCUT2D eigenvalue weighted by atomic mass is 32.2. The first-order valence-corrected chi connectivity index (χ1v) is 11.4. The highest BCUT2D eigenvalue weighted by Gasteiger charge is 2.30. The van der Waals surface area contributed by atoms with Crippen LogP contribution in [0.25, 0.3) is 0 Å². The van der Waals surface area contributed by atoms with Crippen LogP contribution in [-0.4, -0.2) is 90.8 Å². The van der Waals surface area contributed by atoms with Gasteiger partial charge in [-0.3, -0.25) is 14.5 Å². The number of nitrogens with zero attached hydrogens (tertiary/aromatic N) is 1. The molecule has 0 saturated carbocycles. The lowest BCUT2D eigenvalue weighted by Crippen LogP contribution is -2.49. The van der Waals surface area contributed by atoms with Crippen molar-refractivity contribution in [3.05, 3.63) is 0 Å². The number of hydrogen-bond donors (Lipinski definition) is 2. The van der Waals surface area contributed by atoms with Crippen LogP contribution in [0, 0.1) is 5.92 Å². The second-order valence-corrected chi connectivity index (χ2v) is 9.72. The highest BCUT2D eigenvalue weighted by molar-refractivity contribution is 8.13. The third-order valence-corrected chi connectivity index (χ3v) is 5.17. The van der Waals surface area contributed by atoms with Crippen molar-refractivity contribution in [2.24, 2.45) is 5.92 Å². The van der Waals surface area contributed by atoms with E-state index in [-0.39, 0.29) is 18.3 Å². The molecule has 0 unspecified atom stereocenters. The van der Waals surface area contributed by atoms with Gasteiger partial charge >= 0.3 is 17.2 Å². The van der Waals surface area contributed by atoms with E-state index in [9.17, 15) is 19.2 Å². The second-order valence-electron chi connectivity index (χ2n) is 7.65. The Bertz CT molecular complexity index is 619. The van der Waals surface area contributed by atoms with Crippen molar-refractivity contribution in [3.8, 4) is 0 Å². The van der Waals surface area contributed by atoms with Crippen molar-refractivity contribution in [2.45, 2.75) is 38.5 Å². The Kier molecular flexibility index (Phi) is 12.3. The van der Waals surface area contributed by atoms with Crippen molar-refractivity contribution in [3.63, 3.8) is 0 Å². The number of thiol groups is 1. The third kappa shape index (κ3) is 11.6. The lowest BCUT2D eigenvalue weighted by molar-refractivity contribution is -0.155. The summed E-state index contributed by atoms with van der Waals surface area (Å²) in [7, 11) is 0. The van der Waals surface area contributed by atoms with E-state index in [4.69, 9.17) is 18.9 Å². The number of ether oxygens (including phenoxy) is 4. The maximum absolute atomic E-state index is 12.5. The first-order chi connectivity index (χ1) is 14.5. The molecule has 0 aliphatic carbocycles. The Balaban J connectivity index is 2.51. The summed E-state index contributed by atoms with van der Waals surface area (Å²) in [5.74, 6) is -2.09. The molecule has 31 heavy (non-hydrogen) atoms. The quantitative estimate of drug-likeness (QED) is 0.252. The molecule has 1 N–H and O–H groups in total. The van der Waals surface area contributed by atoms with E-state index in [1.165, 1.54) is 0 Å². The van der Waals surface area contributed by atoms with Crippen LogP contribution in [0.15, 0.2) is 0 Å². The minimum atomic E-state index is -1.07. The highest BCUT2D eigenvalue weighted by Crippen LogP contribution is 2.14. The van der Waals surface area contributed by atoms with Crippen LogP contribution < -0.4 is 5.32 Å². The van der Waals surface area contributed by atoms with Crippen LogP contribution >= 0.6 is 24.4 Å². The Labute approximate surface area is 192 Å². The summed E-state index contributed by atoms with van der Waals surface area (Å²) in [6, 6.07) is -1.07. The van der Waals surface area contributed by atoms with Crippen LogP contribution in [0.2, 0.25) is 0 Å². The van der Waals surface area contributed by atoms with E-state index < -0.39 is 40.7 Å². The minimum absolute atomic E-state index is 0.108. The van der Waals surface area contributed by atoms with Gasteiger partial charge in [0.05, 0.1) is 23.9 Å². The largest absolute Gasteiger partial charge is 0.463 e. The Hall–Kier alpha value is -1.50. The molecular formula is C19H32N2O8S2. The molecule has 0 bridgehead atoms. The van der Waals surface area contributed by atoms with Gasteiger partial charge < -0.3 is 24.3 Å². The van der Waals surface area contributed by atoms with Crippen LogP contribution in [0.4, 0.5) is 4.79 Å². The molecule has 1 fully saturated rings. The number of hydrogen-bond acceptors (Lipinski definition) is 11. The first-order valence-electron chi connectivity index (χ1n) is 9.97. The zero-order valence-electron chi connectivity index (χ0n) is 18.4. The molecule has 178 valence electrons. The average Bonchev–Trinajstić information content (AvgIpc) is 2.70. The third-order valence-electron chi connectivity index (χ3n) is 4.12. The van der Waals surface area contributed by atoms with Gasteiger partial charge in [0, 0.05) is 25.4 Å². The summed E-state index contributed by atoms with van der Waals surface area (Å²) >= 11 is 4.86. The molecule has 10 nitrogen and oxygen atoms in total. The van der Waals surface area contributed by atoms with Crippen LogP contribution in [0.5, 0.6) is 0 Å². The smallest absolute Gasteiger partial charge is 0.370 e. The van der Waals surface area contributed by atoms with Crippen LogP contribution in [0.1, 0.15) is 27.7 Å². The number of carbonyl (C=O) groups is 4. The number of rotatable bonds is 11. The molecule has 0 aromatic heterocycles. The van der Waals surface area contributed by atoms with Gasteiger partial charge in [-0.2, -0.15) is 12.6 Å². The van der Waals surface area contributed by atoms with Gasteiger partial charge in [0.1, 0.15) is 12.6 Å². The topological polar surface area (TPSA) is 120 Å². The molecule has 12 heteroatoms. The van der Waals surface area contributed by atoms with E-state index >= 15 is 0 Å². The van der Waals surface area contributed by atoms with Crippen molar-refractivity contribution in [1.82, 2.24) is 10.2 Å². The fourth-order valence-corrected chi connectivity index (χ4v) is 2.92. The Morgan fingerprint density at radius 2 is 1.74 bits per heavy atom. The van der Waals surface area contributed by atoms with E-state index in [0.717, 1.165) is 13.1 Å². The van der Waals surface area contributed by atoms with Gasteiger partial charge in [0.25, 0.3) is 0 Å². The minimum Gasteiger partial charge on any atom is -0.463 e. The normalized spacial score (nSPS) is 15.8. The van der Waals surface area contributed by atoms with E-state index in [1.807, 2.05) is 0 Å². The summed E-state index contributed by atoms with van der Waals surface area (Å²) < 4.78 is 19.1. The SMILES string of the molecule is CC(C)C(=O)OCOC(=O)SC[C@H](NC(=O)C(C)(C)S)C(=O)OCCN1CCOCC1. The van der Waals surface area contributed by atoms with Gasteiger partial charge in [0.2, 0.25) is 12.7 Å². The number of thioether (sulfide) groups is 1. The van der Waals surface area contributed by atoms with Crippen molar-refractivity contribution >= 4 is 47.5 Å². The standard InChI is InChI=1S/C19H32N2O8S2/c1-13(2)15(22)28-12-29-18(25)31-11-14(20-17(24)19(3,4)30)16(23)27-10-7-21-5-8-26-9-6-21/h13-14,30H,5-12H2,1-4H3,(H,20,24)/t14-/m0/s1. The maximum atomic E-state index is 12.5. The molecule has 0 radical (unpaired) electrons. The summed E-state index contributed by atoms with van der Waals surface area (Å²) in [6.45, 7) is 9.42. The van der Waals surface area contributed by atoms with Gasteiger partial charge in [-0.1, -0.05) is 13.8 Å². The van der Waals surface area contributed by atoms with E-state index in [1.54, 1.807) is 27.7 Å². The predicted octanol–water partition coefficient (Wildman–Crippen LogP) is 1.08. The van der Waals surface area contributed by atoms with Crippen molar-refractivity contribution < 1.29 is 38.1 Å². The molecule has 0 aromatic carbocycles. The molecular weight excluding hydrogens is 448 g/mol. The fourth-order valence-electron chi connectivity index (χ4n) is 2.20. The number of carbonyl (C=O) groups excluding carboxylic acids is 4. The fraction of sp³-hybridized carbons (Fsp3) is 0.789. The average molecular weight is 481 g/mol. The Morgan fingerprint density at radius 3 is 2.32 bits per heavy atom. The first kappa shape index (κ1) is 27.5. The summed E-state index contributed by atoms with van der Waals surface area (Å²) in [6.07, 6.45) is 0. The molecule has 1 aliphatic rings. The summed E-state index contributed by atoms with van der Waals surface area (Å²) in [5, 5.41) is 1.80. The van der Waals surface area contributed by atoms with Gasteiger partial charge in [0.15, 0.2) is 0 Å². The lowest BCUT2D eigenvalue weighted by Gasteiger charge is -2.27. The molecule has 1 rings (SSSR count). The number of nitrogens with one attached hydrogen (secondary N) is 1. The maximum Gasteiger partial charge on any atom is 0.370 e. The second kappa shape index (κ2) is 13.8. The molecule has 1 saturated heterocycles. The van der Waals surface area contributed by atoms with Crippen LogP contribution in [0.3, 0.4) is 0 Å². The lowest BCUT2D eigenvalue weighted by atomic mass is 10.2. The van der Waals surface area contributed by atoms with E-state index in [0.29, 0.717) is 31.5 Å². The molecule has 1 heterocycles. The molecule has 1 amide bonds. The van der Waals surface area contributed by atoms with Gasteiger partial charge in [-0.15, -0.1) is 0 Å². The molecule has 1 atom stereocenters. The van der Waals surface area contributed by atoms with Crippen molar-refractivity contribution in [2.75, 3.05) is 52.0 Å². The zero-order chi connectivity index (χ0) is 23.4. The Morgan fingerprint density at radius 1 is 1.10 bits per heavy atom. The van der Waals surface area contributed by atoms with Crippen LogP contribution in [-0.2, 0) is 33.3 Å². The molecule has 1 aliphatic heterocycles. The zero-order valence-corrected chi connectivity index (χ0v) is 20.1. The van der Waals surface area contributed by atoms with Gasteiger partial charge in [-0.05, 0) is 25.6 Å². The summed E-state index contributed by atoms with van der Waals surface area (Å²) in [4.78, 5) is 50.1. The molecule has 0 spiro atoms. The van der Waals surface area contributed by atoms with E-state index in [2.05, 4.69) is 22.8 Å². The number of morpholine rings is 1. The van der Waals surface area contributed by atoms with Gasteiger partial charge in [-0.25, -0.2) is 9.59 Å². The van der Waals surface area contributed by atoms with Crippen molar-refractivity contribution in [1.29, 1.82) is 0 Å². The monoisotopic (exact) mass is 480 g/mol. The summed E-state index contributed by atoms with van der Waals surface area (Å²) in [5.41, 5.74) is 0. The number of esters is 2. The molecule has 0 aromatic rings.